The van der Waals surface area contributed by atoms with E-state index in [-0.39, 0.29) is 18.0 Å². The van der Waals surface area contributed by atoms with Gasteiger partial charge in [-0.2, -0.15) is 30.0 Å². The van der Waals surface area contributed by atoms with Crippen molar-refractivity contribution in [3.63, 3.8) is 0 Å². The molecule has 3 rings (SSSR count). The second-order valence-electron chi connectivity index (χ2n) is 6.31. The molecule has 0 radical (unpaired) electrons. The Morgan fingerprint density at radius 3 is 2.79 bits per heavy atom. The van der Waals surface area contributed by atoms with Gasteiger partial charge in [0.2, 0.25) is 5.91 Å². The molecular weight excluding hydrogens is 393 g/mol. The van der Waals surface area contributed by atoms with E-state index in [0.717, 1.165) is 29.8 Å². The van der Waals surface area contributed by atoms with Crippen molar-refractivity contribution in [3.05, 3.63) is 46.6 Å². The third-order valence-electron chi connectivity index (χ3n) is 4.17. The molecule has 2 amide bonds. The fourth-order valence-corrected chi connectivity index (χ4v) is 3.83. The molecular formula is C18H19F3N4O2S. The third kappa shape index (κ3) is 4.49. The largest absolute Gasteiger partial charge is 0.416 e. The number of carbonyl (C=O) groups is 2. The van der Waals surface area contributed by atoms with Gasteiger partial charge in [0, 0.05) is 29.2 Å². The van der Waals surface area contributed by atoms with Gasteiger partial charge in [-0.15, -0.1) is 0 Å². The van der Waals surface area contributed by atoms with Crippen LogP contribution in [-0.2, 0) is 29.0 Å². The highest BCUT2D eigenvalue weighted by Crippen LogP contribution is 2.35. The molecule has 0 fully saturated rings. The van der Waals surface area contributed by atoms with Crippen molar-refractivity contribution in [2.75, 3.05) is 11.9 Å². The number of hydrogen-bond donors (Lipinski definition) is 2. The number of alkyl halides is 3. The van der Waals surface area contributed by atoms with Gasteiger partial charge in [-0.1, -0.05) is 13.0 Å². The summed E-state index contributed by atoms with van der Waals surface area (Å²) in [7, 11) is 0. The van der Waals surface area contributed by atoms with E-state index in [9.17, 15) is 22.8 Å². The van der Waals surface area contributed by atoms with Crippen LogP contribution in [0.1, 0.15) is 40.5 Å². The highest BCUT2D eigenvalue weighted by molar-refractivity contribution is 7.98. The summed E-state index contributed by atoms with van der Waals surface area (Å²) in [6.07, 6.45) is -3.75. The summed E-state index contributed by atoms with van der Waals surface area (Å²) in [6.45, 7) is 2.39. The summed E-state index contributed by atoms with van der Waals surface area (Å²) in [5.41, 5.74) is 0.562. The van der Waals surface area contributed by atoms with E-state index in [4.69, 9.17) is 0 Å². The summed E-state index contributed by atoms with van der Waals surface area (Å²) in [5, 5.41) is 9.77. The molecule has 1 aromatic carbocycles. The molecule has 2 N–H and O–H groups in total. The molecule has 2 aromatic rings. The van der Waals surface area contributed by atoms with Gasteiger partial charge in [0.05, 0.1) is 11.3 Å². The molecule has 1 aliphatic rings. The van der Waals surface area contributed by atoms with E-state index in [0.29, 0.717) is 23.9 Å². The monoisotopic (exact) mass is 412 g/mol. The molecule has 2 heterocycles. The van der Waals surface area contributed by atoms with Gasteiger partial charge >= 0.3 is 6.18 Å². The fourth-order valence-electron chi connectivity index (χ4n) is 2.79. The maximum absolute atomic E-state index is 12.9. The van der Waals surface area contributed by atoms with Gasteiger partial charge in [0.15, 0.2) is 0 Å². The van der Waals surface area contributed by atoms with Crippen molar-refractivity contribution in [1.82, 2.24) is 15.1 Å². The van der Waals surface area contributed by atoms with E-state index < -0.39 is 17.6 Å². The van der Waals surface area contributed by atoms with Crippen LogP contribution < -0.4 is 10.6 Å². The van der Waals surface area contributed by atoms with Crippen LogP contribution in [0.15, 0.2) is 24.3 Å². The van der Waals surface area contributed by atoms with Crippen LogP contribution in [0.4, 0.5) is 19.0 Å². The summed E-state index contributed by atoms with van der Waals surface area (Å²) in [6, 6.07) is 4.22. The maximum Gasteiger partial charge on any atom is 0.416 e. The number of benzene rings is 1. The fraction of sp³-hybridized carbons (Fsp3) is 0.389. The van der Waals surface area contributed by atoms with Crippen molar-refractivity contribution in [2.24, 2.45) is 0 Å². The minimum absolute atomic E-state index is 0.0735. The van der Waals surface area contributed by atoms with Crippen molar-refractivity contribution in [3.8, 4) is 0 Å². The number of anilines is 1. The minimum Gasteiger partial charge on any atom is -0.355 e. The lowest BCUT2D eigenvalue weighted by Crippen LogP contribution is -2.29. The van der Waals surface area contributed by atoms with Crippen molar-refractivity contribution in [2.45, 2.75) is 37.6 Å². The molecule has 1 aromatic heterocycles. The Morgan fingerprint density at radius 2 is 2.07 bits per heavy atom. The number of nitrogens with one attached hydrogen (secondary N) is 2. The molecule has 0 bridgehead atoms. The van der Waals surface area contributed by atoms with Crippen LogP contribution in [0.5, 0.6) is 0 Å². The lowest BCUT2D eigenvalue weighted by molar-refractivity contribution is -0.137. The molecule has 6 nitrogen and oxygen atoms in total. The first kappa shape index (κ1) is 20.2. The topological polar surface area (TPSA) is 76.0 Å². The number of aromatic nitrogens is 2. The lowest BCUT2D eigenvalue weighted by Gasteiger charge is -2.12. The van der Waals surface area contributed by atoms with Crippen LogP contribution >= 0.6 is 11.8 Å². The minimum atomic E-state index is -4.53. The highest BCUT2D eigenvalue weighted by Gasteiger charge is 2.31. The van der Waals surface area contributed by atoms with Crippen molar-refractivity contribution in [1.29, 1.82) is 0 Å². The van der Waals surface area contributed by atoms with Crippen LogP contribution in [0, 0.1) is 0 Å². The Labute approximate surface area is 163 Å². The standard InChI is InChI=1S/C18H19F3N4O2S/c1-2-6-22-15(26)8-25-16(13-9-28-10-14(13)24-25)23-17(27)11-4-3-5-12(7-11)18(19,20)21/h3-5,7H,2,6,8-10H2,1H3,(H,22,26)(H,23,27). The molecule has 0 saturated heterocycles. The van der Waals surface area contributed by atoms with Crippen molar-refractivity contribution < 1.29 is 22.8 Å². The molecule has 0 aliphatic carbocycles. The Kier molecular flexibility index (Phi) is 5.97. The average Bonchev–Trinajstić information content (AvgIpc) is 3.22. The van der Waals surface area contributed by atoms with Gasteiger partial charge in [-0.25, -0.2) is 4.68 Å². The molecule has 0 atom stereocenters. The van der Waals surface area contributed by atoms with Crippen LogP contribution in [0.3, 0.4) is 0 Å². The zero-order valence-corrected chi connectivity index (χ0v) is 15.9. The zero-order valence-electron chi connectivity index (χ0n) is 15.1. The molecule has 28 heavy (non-hydrogen) atoms. The molecule has 10 heteroatoms. The highest BCUT2D eigenvalue weighted by atomic mass is 32.2. The Balaban J connectivity index is 1.83. The van der Waals surface area contributed by atoms with Crippen LogP contribution in [-0.4, -0.2) is 28.1 Å². The average molecular weight is 412 g/mol. The molecule has 0 spiro atoms. The van der Waals surface area contributed by atoms with Gasteiger partial charge in [0.25, 0.3) is 5.91 Å². The molecule has 150 valence electrons. The molecule has 0 saturated carbocycles. The molecule has 1 aliphatic heterocycles. The number of fused-ring (bicyclic) bond motifs is 1. The van der Waals surface area contributed by atoms with Gasteiger partial charge in [0.1, 0.15) is 12.4 Å². The number of carbonyl (C=O) groups excluding carboxylic acids is 2. The van der Waals surface area contributed by atoms with Gasteiger partial charge in [-0.05, 0) is 24.6 Å². The predicted octanol–water partition coefficient (Wildman–Crippen LogP) is 3.43. The van der Waals surface area contributed by atoms with E-state index in [1.54, 1.807) is 11.8 Å². The first-order chi connectivity index (χ1) is 13.3. The van der Waals surface area contributed by atoms with Gasteiger partial charge in [-0.3, -0.25) is 9.59 Å². The SMILES string of the molecule is CCCNC(=O)Cn1nc2c(c1NC(=O)c1cccc(C(F)(F)F)c1)CSC2. The first-order valence-electron chi connectivity index (χ1n) is 8.71. The Bertz CT molecular complexity index is 895. The number of nitrogens with zero attached hydrogens (tertiary/aromatic N) is 2. The smallest absolute Gasteiger partial charge is 0.355 e. The normalized spacial score (nSPS) is 13.3. The predicted molar refractivity (Wildman–Crippen MR) is 99.9 cm³/mol. The number of thioether (sulfide) groups is 1. The summed E-state index contributed by atoms with van der Waals surface area (Å²) in [5.74, 6) is 0.704. The number of rotatable bonds is 6. The van der Waals surface area contributed by atoms with E-state index in [2.05, 4.69) is 15.7 Å². The lowest BCUT2D eigenvalue weighted by atomic mass is 10.1. The quantitative estimate of drug-likeness (QED) is 0.762. The van der Waals surface area contributed by atoms with Crippen molar-refractivity contribution >= 4 is 29.4 Å². The van der Waals surface area contributed by atoms with Gasteiger partial charge < -0.3 is 10.6 Å². The Hall–Kier alpha value is -2.49. The second-order valence-corrected chi connectivity index (χ2v) is 7.29. The van der Waals surface area contributed by atoms with Crippen LogP contribution in [0.2, 0.25) is 0 Å². The van der Waals surface area contributed by atoms with E-state index in [1.165, 1.54) is 16.8 Å². The number of amides is 2. The number of hydrogen-bond acceptors (Lipinski definition) is 4. The maximum atomic E-state index is 12.9. The third-order valence-corrected chi connectivity index (χ3v) is 5.14. The summed E-state index contributed by atoms with van der Waals surface area (Å²) < 4.78 is 40.1. The first-order valence-corrected chi connectivity index (χ1v) is 9.86. The number of halogens is 3. The summed E-state index contributed by atoms with van der Waals surface area (Å²) in [4.78, 5) is 24.6. The zero-order chi connectivity index (χ0) is 20.3. The molecule has 0 unspecified atom stereocenters. The van der Waals surface area contributed by atoms with E-state index in [1.807, 2.05) is 6.92 Å². The van der Waals surface area contributed by atoms with E-state index >= 15 is 0 Å². The van der Waals surface area contributed by atoms with Crippen LogP contribution in [0.25, 0.3) is 0 Å². The second kappa shape index (κ2) is 8.26. The Morgan fingerprint density at radius 1 is 1.29 bits per heavy atom. The summed E-state index contributed by atoms with van der Waals surface area (Å²) >= 11 is 1.62.